The van der Waals surface area contributed by atoms with Crippen LogP contribution in [0.15, 0.2) is 11.3 Å². The Bertz CT molecular complexity index is 255. The number of hydrogen-bond acceptors (Lipinski definition) is 5. The van der Waals surface area contributed by atoms with Gasteiger partial charge in [-0.2, -0.15) is 0 Å². The standard InChI is InChI=1S/C9H15NO5/c1-14-9(13)10-7(8(11)12)6-2-4-15-5-3-6/h9-10,13H,2-5H2,1H3,(H,11,12). The average molecular weight is 217 g/mol. The number of aliphatic hydroxyl groups is 1. The first-order valence-corrected chi connectivity index (χ1v) is 4.65. The van der Waals surface area contributed by atoms with Crippen LogP contribution >= 0.6 is 0 Å². The number of hydrogen-bond donors (Lipinski definition) is 3. The van der Waals surface area contributed by atoms with Crippen LogP contribution in [0.4, 0.5) is 0 Å². The van der Waals surface area contributed by atoms with Crippen molar-refractivity contribution in [1.82, 2.24) is 5.32 Å². The van der Waals surface area contributed by atoms with Crippen LogP contribution in [0.1, 0.15) is 12.8 Å². The monoisotopic (exact) mass is 217 g/mol. The highest BCUT2D eigenvalue weighted by Crippen LogP contribution is 2.17. The molecule has 0 aromatic carbocycles. The third-order valence-electron chi connectivity index (χ3n) is 2.15. The minimum Gasteiger partial charge on any atom is -0.477 e. The molecule has 1 saturated heterocycles. The molecule has 6 nitrogen and oxygen atoms in total. The van der Waals surface area contributed by atoms with Crippen LogP contribution in [0.5, 0.6) is 0 Å². The Morgan fingerprint density at radius 2 is 2.13 bits per heavy atom. The molecule has 1 atom stereocenters. The Kier molecular flexibility index (Phi) is 4.54. The van der Waals surface area contributed by atoms with E-state index in [4.69, 9.17) is 14.9 Å². The quantitative estimate of drug-likeness (QED) is 0.440. The fraction of sp³-hybridized carbons (Fsp3) is 0.667. The number of methoxy groups -OCH3 is 1. The van der Waals surface area contributed by atoms with E-state index in [1.165, 1.54) is 7.11 Å². The predicted octanol–water partition coefficient (Wildman–Crippen LogP) is -0.353. The van der Waals surface area contributed by atoms with E-state index in [9.17, 15) is 4.79 Å². The summed E-state index contributed by atoms with van der Waals surface area (Å²) < 4.78 is 9.65. The zero-order valence-corrected chi connectivity index (χ0v) is 8.52. The zero-order valence-electron chi connectivity index (χ0n) is 8.52. The second kappa shape index (κ2) is 5.69. The summed E-state index contributed by atoms with van der Waals surface area (Å²) in [4.78, 5) is 10.9. The van der Waals surface area contributed by atoms with Crippen molar-refractivity contribution in [2.45, 2.75) is 19.3 Å². The summed E-state index contributed by atoms with van der Waals surface area (Å²) in [7, 11) is 1.28. The molecule has 6 heteroatoms. The SMILES string of the molecule is COC(O)NC(C(=O)O)=C1CCOCC1. The van der Waals surface area contributed by atoms with Gasteiger partial charge in [0.25, 0.3) is 0 Å². The lowest BCUT2D eigenvalue weighted by atomic mass is 10.1. The van der Waals surface area contributed by atoms with Crippen LogP contribution in [0, 0.1) is 0 Å². The van der Waals surface area contributed by atoms with Crippen molar-refractivity contribution >= 4 is 5.97 Å². The molecule has 1 heterocycles. The van der Waals surface area contributed by atoms with Gasteiger partial charge in [-0.15, -0.1) is 0 Å². The van der Waals surface area contributed by atoms with Gasteiger partial charge in [0.15, 0.2) is 0 Å². The molecule has 3 N–H and O–H groups in total. The Morgan fingerprint density at radius 3 is 2.60 bits per heavy atom. The summed E-state index contributed by atoms with van der Waals surface area (Å²) in [6.07, 6.45) is -0.178. The summed E-state index contributed by atoms with van der Waals surface area (Å²) >= 11 is 0. The maximum Gasteiger partial charge on any atom is 0.352 e. The first-order chi connectivity index (χ1) is 7.15. The molecule has 0 radical (unpaired) electrons. The number of carboxylic acid groups (broad SMARTS) is 1. The summed E-state index contributed by atoms with van der Waals surface area (Å²) in [5.74, 6) is -1.09. The normalized spacial score (nSPS) is 18.4. The van der Waals surface area contributed by atoms with Gasteiger partial charge in [0.1, 0.15) is 5.70 Å². The summed E-state index contributed by atoms with van der Waals surface area (Å²) in [6.45, 7) is 1.02. The molecular weight excluding hydrogens is 202 g/mol. The van der Waals surface area contributed by atoms with Crippen molar-refractivity contribution in [3.05, 3.63) is 11.3 Å². The number of aliphatic carboxylic acids is 1. The van der Waals surface area contributed by atoms with E-state index in [2.05, 4.69) is 10.1 Å². The first-order valence-electron chi connectivity index (χ1n) is 4.65. The highest BCUT2D eigenvalue weighted by Gasteiger charge is 2.19. The molecular formula is C9H15NO5. The van der Waals surface area contributed by atoms with E-state index < -0.39 is 12.4 Å². The van der Waals surface area contributed by atoms with Crippen LogP contribution in [-0.4, -0.2) is 42.9 Å². The van der Waals surface area contributed by atoms with Crippen LogP contribution in [-0.2, 0) is 14.3 Å². The van der Waals surface area contributed by atoms with Crippen LogP contribution in [0.25, 0.3) is 0 Å². The molecule has 0 aliphatic carbocycles. The van der Waals surface area contributed by atoms with E-state index in [0.29, 0.717) is 26.1 Å². The maximum atomic E-state index is 10.9. The highest BCUT2D eigenvalue weighted by atomic mass is 16.6. The van der Waals surface area contributed by atoms with E-state index in [0.717, 1.165) is 5.57 Å². The van der Waals surface area contributed by atoms with Crippen LogP contribution < -0.4 is 5.32 Å². The Balaban J connectivity index is 2.74. The van der Waals surface area contributed by atoms with Gasteiger partial charge in [0, 0.05) is 7.11 Å². The molecule has 0 bridgehead atoms. The van der Waals surface area contributed by atoms with Gasteiger partial charge in [-0.1, -0.05) is 0 Å². The van der Waals surface area contributed by atoms with Gasteiger partial charge < -0.3 is 25.0 Å². The molecule has 1 unspecified atom stereocenters. The maximum absolute atomic E-state index is 10.9. The minimum absolute atomic E-state index is 0.00708. The lowest BCUT2D eigenvalue weighted by molar-refractivity contribution is -0.136. The Morgan fingerprint density at radius 1 is 1.53 bits per heavy atom. The fourth-order valence-corrected chi connectivity index (χ4v) is 1.37. The van der Waals surface area contributed by atoms with E-state index in [1.807, 2.05) is 0 Å². The van der Waals surface area contributed by atoms with Crippen LogP contribution in [0.3, 0.4) is 0 Å². The van der Waals surface area contributed by atoms with Crippen molar-refractivity contribution < 1.29 is 24.5 Å². The first kappa shape index (κ1) is 12.0. The number of rotatable bonds is 4. The third-order valence-corrected chi connectivity index (χ3v) is 2.15. The zero-order chi connectivity index (χ0) is 11.3. The lowest BCUT2D eigenvalue weighted by Crippen LogP contribution is -2.34. The van der Waals surface area contributed by atoms with Gasteiger partial charge in [0.05, 0.1) is 13.2 Å². The van der Waals surface area contributed by atoms with Crippen LogP contribution in [0.2, 0.25) is 0 Å². The molecule has 1 aliphatic heterocycles. The fourth-order valence-electron chi connectivity index (χ4n) is 1.37. The molecule has 1 rings (SSSR count). The molecule has 0 spiro atoms. The summed E-state index contributed by atoms with van der Waals surface area (Å²) in [5, 5.41) is 20.5. The minimum atomic E-state index is -1.30. The number of ether oxygens (including phenoxy) is 2. The van der Waals surface area contributed by atoms with Gasteiger partial charge in [-0.3, -0.25) is 0 Å². The van der Waals surface area contributed by atoms with Crippen molar-refractivity contribution in [2.75, 3.05) is 20.3 Å². The molecule has 15 heavy (non-hydrogen) atoms. The Labute approximate surface area is 87.5 Å². The number of carboxylic acids is 1. The second-order valence-electron chi connectivity index (χ2n) is 3.13. The van der Waals surface area contributed by atoms with E-state index >= 15 is 0 Å². The predicted molar refractivity (Wildman–Crippen MR) is 50.9 cm³/mol. The largest absolute Gasteiger partial charge is 0.477 e. The van der Waals surface area contributed by atoms with Crippen molar-refractivity contribution in [3.8, 4) is 0 Å². The smallest absolute Gasteiger partial charge is 0.352 e. The molecule has 1 aliphatic rings. The number of carbonyl (C=O) groups is 1. The molecule has 1 fully saturated rings. The van der Waals surface area contributed by atoms with E-state index in [-0.39, 0.29) is 5.70 Å². The van der Waals surface area contributed by atoms with Crippen molar-refractivity contribution in [3.63, 3.8) is 0 Å². The second-order valence-corrected chi connectivity index (χ2v) is 3.13. The van der Waals surface area contributed by atoms with E-state index in [1.54, 1.807) is 0 Å². The highest BCUT2D eigenvalue weighted by molar-refractivity contribution is 5.86. The molecule has 0 saturated carbocycles. The topological polar surface area (TPSA) is 88.0 Å². The Hall–Kier alpha value is -1.11. The number of aliphatic hydroxyl groups excluding tert-OH is 1. The van der Waals surface area contributed by atoms with Gasteiger partial charge in [0.2, 0.25) is 6.41 Å². The van der Waals surface area contributed by atoms with Crippen molar-refractivity contribution in [2.24, 2.45) is 0 Å². The number of nitrogens with one attached hydrogen (secondary N) is 1. The van der Waals surface area contributed by atoms with Gasteiger partial charge in [-0.25, -0.2) is 4.79 Å². The molecule has 0 amide bonds. The lowest BCUT2D eigenvalue weighted by Gasteiger charge is -2.20. The average Bonchev–Trinajstić information content (AvgIpc) is 2.26. The van der Waals surface area contributed by atoms with Crippen molar-refractivity contribution in [1.29, 1.82) is 0 Å². The summed E-state index contributed by atoms with van der Waals surface area (Å²) in [5.41, 5.74) is 0.748. The van der Waals surface area contributed by atoms with Gasteiger partial charge in [-0.05, 0) is 18.4 Å². The third kappa shape index (κ3) is 3.50. The summed E-state index contributed by atoms with van der Waals surface area (Å²) in [6, 6.07) is 0. The molecule has 86 valence electrons. The van der Waals surface area contributed by atoms with Gasteiger partial charge >= 0.3 is 5.97 Å². The molecule has 0 aromatic rings. The molecule has 0 aromatic heterocycles.